The minimum absolute atomic E-state index is 0.0558. The number of hydrogen-bond acceptors (Lipinski definition) is 6. The van der Waals surface area contributed by atoms with Crippen LogP contribution in [0.25, 0.3) is 5.69 Å². The van der Waals surface area contributed by atoms with Crippen LogP contribution in [-0.4, -0.2) is 45.2 Å². The summed E-state index contributed by atoms with van der Waals surface area (Å²) in [5.41, 5.74) is 0.831. The normalized spacial score (nSPS) is 23.3. The van der Waals surface area contributed by atoms with E-state index in [-0.39, 0.29) is 17.3 Å². The van der Waals surface area contributed by atoms with Crippen molar-refractivity contribution in [2.75, 3.05) is 18.0 Å². The van der Waals surface area contributed by atoms with Gasteiger partial charge in [0.1, 0.15) is 11.4 Å². The Bertz CT molecular complexity index is 791. The molecule has 25 heavy (non-hydrogen) atoms. The summed E-state index contributed by atoms with van der Waals surface area (Å²) in [5.74, 6) is 0.599. The maximum Gasteiger partial charge on any atom is 0.319 e. The Morgan fingerprint density at radius 2 is 2.00 bits per heavy atom. The molecule has 0 saturated carbocycles. The van der Waals surface area contributed by atoms with E-state index in [1.165, 1.54) is 11.8 Å². The largest absolute Gasteiger partial charge is 0.462 e. The third kappa shape index (κ3) is 3.22. The summed E-state index contributed by atoms with van der Waals surface area (Å²) in [6.45, 7) is 3.82. The molecule has 2 fully saturated rings. The maximum atomic E-state index is 12.0. The zero-order valence-corrected chi connectivity index (χ0v) is 15.5. The highest BCUT2D eigenvalue weighted by Gasteiger charge is 2.35. The van der Waals surface area contributed by atoms with Gasteiger partial charge in [-0.2, -0.15) is 0 Å². The Labute approximate surface area is 155 Å². The highest BCUT2D eigenvalue weighted by molar-refractivity contribution is 8.00. The minimum atomic E-state index is -0.258. The van der Waals surface area contributed by atoms with Crippen LogP contribution in [0, 0.1) is 0 Å². The lowest BCUT2D eigenvalue weighted by Gasteiger charge is -2.19. The summed E-state index contributed by atoms with van der Waals surface area (Å²) in [5, 5.41) is 9.82. The van der Waals surface area contributed by atoms with Crippen molar-refractivity contribution in [3.63, 3.8) is 0 Å². The lowest BCUT2D eigenvalue weighted by Crippen LogP contribution is -2.22. The molecule has 0 radical (unpaired) electrons. The van der Waals surface area contributed by atoms with Crippen molar-refractivity contribution >= 4 is 35.3 Å². The molecule has 2 aliphatic rings. The molecule has 4 rings (SSSR count). The van der Waals surface area contributed by atoms with Gasteiger partial charge in [0.15, 0.2) is 5.16 Å². The first-order valence-electron chi connectivity index (χ1n) is 8.46. The van der Waals surface area contributed by atoms with Crippen LogP contribution >= 0.6 is 23.4 Å². The van der Waals surface area contributed by atoms with E-state index in [0.29, 0.717) is 16.6 Å². The predicted molar refractivity (Wildman–Crippen MR) is 97.6 cm³/mol. The number of esters is 1. The van der Waals surface area contributed by atoms with Crippen LogP contribution in [0.15, 0.2) is 29.4 Å². The summed E-state index contributed by atoms with van der Waals surface area (Å²) >= 11 is 7.84. The van der Waals surface area contributed by atoms with Crippen LogP contribution in [0.1, 0.15) is 26.2 Å². The first-order chi connectivity index (χ1) is 12.1. The molecule has 2 aliphatic heterocycles. The monoisotopic (exact) mass is 378 g/mol. The second-order valence-corrected chi connectivity index (χ2v) is 7.93. The number of para-hydroxylation sites is 1. The van der Waals surface area contributed by atoms with Crippen molar-refractivity contribution in [3.05, 3.63) is 29.3 Å². The fourth-order valence-corrected chi connectivity index (χ4v) is 4.61. The molecule has 6 nitrogen and oxygen atoms in total. The SMILES string of the molecule is C[C@H]1C[C@H](Sc2nnc(N3CCCC3)n2-c2ccccc2Cl)C(=O)O1. The van der Waals surface area contributed by atoms with Gasteiger partial charge in [-0.1, -0.05) is 35.5 Å². The Kier molecular flexibility index (Phi) is 4.60. The smallest absolute Gasteiger partial charge is 0.319 e. The molecule has 2 aromatic rings. The fourth-order valence-electron chi connectivity index (χ4n) is 3.25. The lowest BCUT2D eigenvalue weighted by molar-refractivity contribution is -0.140. The molecule has 2 saturated heterocycles. The van der Waals surface area contributed by atoms with E-state index in [4.69, 9.17) is 16.3 Å². The van der Waals surface area contributed by atoms with Crippen molar-refractivity contribution in [3.8, 4) is 5.69 Å². The number of benzene rings is 1. The van der Waals surface area contributed by atoms with Gasteiger partial charge in [-0.15, -0.1) is 10.2 Å². The van der Waals surface area contributed by atoms with Crippen molar-refractivity contribution in [2.24, 2.45) is 0 Å². The zero-order valence-electron chi connectivity index (χ0n) is 13.9. The Hall–Kier alpha value is -1.73. The molecule has 0 unspecified atom stereocenters. The summed E-state index contributed by atoms with van der Waals surface area (Å²) in [6, 6.07) is 7.64. The number of nitrogens with zero attached hydrogens (tertiary/aromatic N) is 4. The Morgan fingerprint density at radius 3 is 2.68 bits per heavy atom. The average Bonchev–Trinajstić information content (AvgIpc) is 3.29. The topological polar surface area (TPSA) is 60.2 Å². The summed E-state index contributed by atoms with van der Waals surface area (Å²) < 4.78 is 7.24. The molecule has 0 amide bonds. The molecular formula is C17H19ClN4O2S. The van der Waals surface area contributed by atoms with Crippen LogP contribution in [0.2, 0.25) is 5.02 Å². The van der Waals surface area contributed by atoms with E-state index in [9.17, 15) is 4.79 Å². The molecule has 2 atom stereocenters. The van der Waals surface area contributed by atoms with Gasteiger partial charge in [-0.25, -0.2) is 0 Å². The number of thioether (sulfide) groups is 1. The van der Waals surface area contributed by atoms with Gasteiger partial charge < -0.3 is 9.64 Å². The van der Waals surface area contributed by atoms with Crippen molar-refractivity contribution < 1.29 is 9.53 Å². The molecule has 132 valence electrons. The number of aromatic nitrogens is 3. The van der Waals surface area contributed by atoms with E-state index in [1.54, 1.807) is 0 Å². The van der Waals surface area contributed by atoms with Crippen molar-refractivity contribution in [1.82, 2.24) is 14.8 Å². The fraction of sp³-hybridized carbons (Fsp3) is 0.471. The van der Waals surface area contributed by atoms with Crippen LogP contribution in [0.5, 0.6) is 0 Å². The number of anilines is 1. The maximum absolute atomic E-state index is 12.0. The third-order valence-electron chi connectivity index (χ3n) is 4.47. The standard InChI is InChI=1S/C17H19ClN4O2S/c1-11-10-14(15(23)24-11)25-17-20-19-16(21-8-4-5-9-21)22(17)13-7-3-2-6-12(13)18/h2-3,6-7,11,14H,4-5,8-10H2,1H3/t11-,14-/m0/s1. The number of carbonyl (C=O) groups excluding carboxylic acids is 1. The van der Waals surface area contributed by atoms with E-state index in [1.807, 2.05) is 35.8 Å². The molecule has 0 aliphatic carbocycles. The quantitative estimate of drug-likeness (QED) is 0.760. The number of cyclic esters (lactones) is 1. The lowest BCUT2D eigenvalue weighted by atomic mass is 10.3. The number of rotatable bonds is 4. The Balaban J connectivity index is 1.74. The number of carbonyl (C=O) groups is 1. The number of ether oxygens (including phenoxy) is 1. The minimum Gasteiger partial charge on any atom is -0.462 e. The van der Waals surface area contributed by atoms with Crippen molar-refractivity contribution in [2.45, 2.75) is 42.7 Å². The van der Waals surface area contributed by atoms with Gasteiger partial charge in [0, 0.05) is 19.5 Å². The molecule has 8 heteroatoms. The second kappa shape index (κ2) is 6.88. The first kappa shape index (κ1) is 16.7. The van der Waals surface area contributed by atoms with Gasteiger partial charge in [0.05, 0.1) is 10.7 Å². The average molecular weight is 379 g/mol. The molecular weight excluding hydrogens is 360 g/mol. The van der Waals surface area contributed by atoms with Crippen LogP contribution in [0.3, 0.4) is 0 Å². The summed E-state index contributed by atoms with van der Waals surface area (Å²) in [6.07, 6.45) is 2.91. The summed E-state index contributed by atoms with van der Waals surface area (Å²) in [4.78, 5) is 14.2. The molecule has 3 heterocycles. The van der Waals surface area contributed by atoms with Crippen LogP contribution in [-0.2, 0) is 9.53 Å². The second-order valence-electron chi connectivity index (χ2n) is 6.35. The molecule has 0 spiro atoms. The van der Waals surface area contributed by atoms with E-state index < -0.39 is 0 Å². The number of halogens is 1. The third-order valence-corrected chi connectivity index (χ3v) is 5.94. The van der Waals surface area contributed by atoms with Crippen molar-refractivity contribution in [1.29, 1.82) is 0 Å². The molecule has 0 N–H and O–H groups in total. The first-order valence-corrected chi connectivity index (χ1v) is 9.71. The van der Waals surface area contributed by atoms with E-state index >= 15 is 0 Å². The predicted octanol–water partition coefficient (Wildman–Crippen LogP) is 3.32. The molecule has 1 aromatic carbocycles. The Morgan fingerprint density at radius 1 is 1.24 bits per heavy atom. The highest BCUT2D eigenvalue weighted by Crippen LogP contribution is 2.36. The van der Waals surface area contributed by atoms with Gasteiger partial charge in [-0.05, 0) is 31.9 Å². The molecule has 1 aromatic heterocycles. The van der Waals surface area contributed by atoms with Crippen LogP contribution < -0.4 is 4.90 Å². The van der Waals surface area contributed by atoms with E-state index in [2.05, 4.69) is 15.1 Å². The zero-order chi connectivity index (χ0) is 17.4. The van der Waals surface area contributed by atoms with Gasteiger partial charge in [0.2, 0.25) is 5.95 Å². The van der Waals surface area contributed by atoms with E-state index in [0.717, 1.165) is 37.6 Å². The van der Waals surface area contributed by atoms with Gasteiger partial charge >= 0.3 is 5.97 Å². The van der Waals surface area contributed by atoms with Crippen LogP contribution in [0.4, 0.5) is 5.95 Å². The number of hydrogen-bond donors (Lipinski definition) is 0. The highest BCUT2D eigenvalue weighted by atomic mass is 35.5. The summed E-state index contributed by atoms with van der Waals surface area (Å²) in [7, 11) is 0. The molecule has 0 bridgehead atoms. The van der Waals surface area contributed by atoms with Gasteiger partial charge in [-0.3, -0.25) is 9.36 Å². The van der Waals surface area contributed by atoms with Gasteiger partial charge in [0.25, 0.3) is 0 Å².